The Balaban J connectivity index is 2.52. The van der Waals surface area contributed by atoms with E-state index in [1.807, 2.05) is 13.8 Å². The lowest BCUT2D eigenvalue weighted by Crippen LogP contribution is -2.49. The second-order valence-corrected chi connectivity index (χ2v) is 5.71. The maximum Gasteiger partial charge on any atom is 0.314 e. The van der Waals surface area contributed by atoms with Crippen LogP contribution in [-0.4, -0.2) is 48.2 Å². The van der Waals surface area contributed by atoms with Crippen LogP contribution < -0.4 is 11.1 Å². The first-order valence-electron chi connectivity index (χ1n) is 7.41. The molecule has 0 bridgehead atoms. The Bertz CT molecular complexity index is 334. The maximum atomic E-state index is 12.2. The molecule has 1 unspecified atom stereocenters. The van der Waals surface area contributed by atoms with Crippen molar-refractivity contribution in [3.63, 3.8) is 0 Å². The van der Waals surface area contributed by atoms with Crippen LogP contribution >= 0.6 is 0 Å². The molecule has 0 aliphatic carbocycles. The summed E-state index contributed by atoms with van der Waals surface area (Å²) in [6, 6.07) is -0.464. The zero-order valence-electron chi connectivity index (χ0n) is 12.5. The molecule has 0 aromatic carbocycles. The minimum atomic E-state index is -0.464. The van der Waals surface area contributed by atoms with Gasteiger partial charge in [-0.05, 0) is 25.7 Å². The summed E-state index contributed by atoms with van der Waals surface area (Å²) in [4.78, 5) is 24.9. The van der Waals surface area contributed by atoms with Crippen LogP contribution in [0.4, 0.5) is 4.79 Å². The first-order valence-corrected chi connectivity index (χ1v) is 7.41. The zero-order chi connectivity index (χ0) is 15.2. The molecule has 1 atom stereocenters. The number of carbonyl (C=O) groups is 2. The van der Waals surface area contributed by atoms with Crippen molar-refractivity contribution in [2.75, 3.05) is 26.2 Å². The van der Waals surface area contributed by atoms with Crippen molar-refractivity contribution in [3.8, 4) is 0 Å². The Labute approximate surface area is 120 Å². The summed E-state index contributed by atoms with van der Waals surface area (Å²) in [5, 5.41) is 12.4. The first kappa shape index (κ1) is 16.8. The molecule has 0 saturated carbocycles. The zero-order valence-corrected chi connectivity index (χ0v) is 12.5. The third-order valence-electron chi connectivity index (χ3n) is 4.58. The molecule has 1 aliphatic heterocycles. The number of primary amides is 1. The van der Waals surface area contributed by atoms with Gasteiger partial charge in [-0.25, -0.2) is 4.79 Å². The molecule has 0 spiro atoms. The minimum Gasteiger partial charge on any atom is -0.396 e. The molecule has 1 fully saturated rings. The molecule has 20 heavy (non-hydrogen) atoms. The molecule has 0 aromatic heterocycles. The number of likely N-dealkylation sites (tertiary alicyclic amines) is 1. The van der Waals surface area contributed by atoms with Crippen molar-refractivity contribution in [3.05, 3.63) is 0 Å². The van der Waals surface area contributed by atoms with Crippen molar-refractivity contribution in [1.82, 2.24) is 10.2 Å². The molecular formula is C14H27N3O3. The molecule has 3 amide bonds. The quantitative estimate of drug-likeness (QED) is 0.670. The number of hydrogen-bond donors (Lipinski definition) is 3. The van der Waals surface area contributed by atoms with Crippen molar-refractivity contribution < 1.29 is 14.7 Å². The summed E-state index contributed by atoms with van der Waals surface area (Å²) in [6.45, 7) is 5.60. The summed E-state index contributed by atoms with van der Waals surface area (Å²) < 4.78 is 0. The van der Waals surface area contributed by atoms with Gasteiger partial charge in [-0.15, -0.1) is 0 Å². The van der Waals surface area contributed by atoms with E-state index in [1.54, 1.807) is 0 Å². The van der Waals surface area contributed by atoms with Crippen molar-refractivity contribution in [2.24, 2.45) is 17.1 Å². The van der Waals surface area contributed by atoms with E-state index in [2.05, 4.69) is 5.32 Å². The number of nitrogens with one attached hydrogen (secondary N) is 1. The molecule has 6 heteroatoms. The van der Waals surface area contributed by atoms with Gasteiger partial charge in [0.05, 0.1) is 12.5 Å². The summed E-state index contributed by atoms with van der Waals surface area (Å²) in [7, 11) is 0. The Hall–Kier alpha value is -1.30. The normalized spacial score (nSPS) is 19.8. The van der Waals surface area contributed by atoms with Gasteiger partial charge in [0.25, 0.3) is 0 Å². The van der Waals surface area contributed by atoms with Gasteiger partial charge >= 0.3 is 6.03 Å². The molecule has 116 valence electrons. The van der Waals surface area contributed by atoms with E-state index in [0.717, 1.165) is 25.7 Å². The third-order valence-corrected chi connectivity index (χ3v) is 4.58. The summed E-state index contributed by atoms with van der Waals surface area (Å²) in [5.74, 6) is -0.239. The number of rotatable bonds is 6. The number of aliphatic hydroxyl groups is 1. The van der Waals surface area contributed by atoms with Crippen LogP contribution in [-0.2, 0) is 4.79 Å². The van der Waals surface area contributed by atoms with E-state index in [1.165, 1.54) is 4.90 Å². The number of hydrogen-bond acceptors (Lipinski definition) is 3. The van der Waals surface area contributed by atoms with Gasteiger partial charge in [-0.3, -0.25) is 4.79 Å². The van der Waals surface area contributed by atoms with E-state index in [9.17, 15) is 14.7 Å². The highest BCUT2D eigenvalue weighted by molar-refractivity contribution is 5.80. The predicted octanol–water partition coefficient (Wildman–Crippen LogP) is 0.692. The minimum absolute atomic E-state index is 0.0457. The van der Waals surface area contributed by atoms with Gasteiger partial charge in [0.15, 0.2) is 0 Å². The maximum absolute atomic E-state index is 12.2. The van der Waals surface area contributed by atoms with Crippen LogP contribution in [0.1, 0.15) is 39.5 Å². The van der Waals surface area contributed by atoms with E-state index >= 15 is 0 Å². The highest BCUT2D eigenvalue weighted by Gasteiger charge is 2.30. The average molecular weight is 285 g/mol. The van der Waals surface area contributed by atoms with Gasteiger partial charge in [0, 0.05) is 25.0 Å². The highest BCUT2D eigenvalue weighted by Crippen LogP contribution is 2.25. The lowest BCUT2D eigenvalue weighted by Gasteiger charge is -2.33. The van der Waals surface area contributed by atoms with Crippen molar-refractivity contribution in [2.45, 2.75) is 39.5 Å². The largest absolute Gasteiger partial charge is 0.396 e. The van der Waals surface area contributed by atoms with Crippen LogP contribution in [0.25, 0.3) is 0 Å². The number of nitrogens with zero attached hydrogens (tertiary/aromatic N) is 1. The highest BCUT2D eigenvalue weighted by atomic mass is 16.3. The van der Waals surface area contributed by atoms with Gasteiger partial charge in [0.1, 0.15) is 0 Å². The molecular weight excluding hydrogens is 258 g/mol. The Kier molecular flexibility index (Phi) is 6.26. The number of nitrogens with two attached hydrogens (primary N) is 1. The van der Waals surface area contributed by atoms with Crippen LogP contribution in [0.3, 0.4) is 0 Å². The van der Waals surface area contributed by atoms with Crippen molar-refractivity contribution >= 4 is 11.9 Å². The fraction of sp³-hybridized carbons (Fsp3) is 0.857. The Morgan fingerprint density at radius 2 is 2.05 bits per heavy atom. The smallest absolute Gasteiger partial charge is 0.314 e. The second kappa shape index (κ2) is 7.47. The Morgan fingerprint density at radius 3 is 2.55 bits per heavy atom. The fourth-order valence-electron chi connectivity index (χ4n) is 2.59. The number of piperidine rings is 1. The van der Waals surface area contributed by atoms with E-state index in [0.29, 0.717) is 19.6 Å². The van der Waals surface area contributed by atoms with Gasteiger partial charge in [0.2, 0.25) is 5.91 Å². The Morgan fingerprint density at radius 1 is 1.40 bits per heavy atom. The summed E-state index contributed by atoms with van der Waals surface area (Å²) in [6.07, 6.45) is 3.21. The standard InChI is InChI=1S/C14H27N3O3/c1-3-14(4-2,10-18)9-16-12(19)11-6-5-7-17(8-11)13(15)20/h11,18H,3-10H2,1-2H3,(H2,15,20)(H,16,19). The summed E-state index contributed by atoms with van der Waals surface area (Å²) in [5.41, 5.74) is 5.02. The van der Waals surface area contributed by atoms with Crippen LogP contribution in [0, 0.1) is 11.3 Å². The number of amides is 3. The molecule has 4 N–H and O–H groups in total. The van der Waals surface area contributed by atoms with E-state index in [-0.39, 0.29) is 23.8 Å². The van der Waals surface area contributed by atoms with Crippen LogP contribution in [0.15, 0.2) is 0 Å². The SMILES string of the molecule is CCC(CC)(CO)CNC(=O)C1CCCN(C(N)=O)C1. The topological polar surface area (TPSA) is 95.7 Å². The number of carbonyl (C=O) groups excluding carboxylic acids is 2. The fourth-order valence-corrected chi connectivity index (χ4v) is 2.59. The number of aliphatic hydroxyl groups excluding tert-OH is 1. The monoisotopic (exact) mass is 285 g/mol. The first-order chi connectivity index (χ1) is 9.48. The lowest BCUT2D eigenvalue weighted by atomic mass is 9.83. The van der Waals surface area contributed by atoms with E-state index in [4.69, 9.17) is 5.73 Å². The van der Waals surface area contributed by atoms with Gasteiger partial charge in [-0.1, -0.05) is 13.8 Å². The molecule has 1 heterocycles. The average Bonchev–Trinajstić information content (AvgIpc) is 2.49. The van der Waals surface area contributed by atoms with Gasteiger partial charge in [-0.2, -0.15) is 0 Å². The molecule has 1 saturated heterocycles. The molecule has 1 aliphatic rings. The van der Waals surface area contributed by atoms with Crippen molar-refractivity contribution in [1.29, 1.82) is 0 Å². The predicted molar refractivity (Wildman–Crippen MR) is 77.0 cm³/mol. The number of urea groups is 1. The molecule has 6 nitrogen and oxygen atoms in total. The lowest BCUT2D eigenvalue weighted by molar-refractivity contribution is -0.127. The van der Waals surface area contributed by atoms with Crippen LogP contribution in [0.2, 0.25) is 0 Å². The molecule has 0 aromatic rings. The third kappa shape index (κ3) is 4.10. The van der Waals surface area contributed by atoms with Gasteiger partial charge < -0.3 is 21.1 Å². The summed E-state index contributed by atoms with van der Waals surface area (Å²) >= 11 is 0. The molecule has 0 radical (unpaired) electrons. The second-order valence-electron chi connectivity index (χ2n) is 5.71. The van der Waals surface area contributed by atoms with E-state index < -0.39 is 6.03 Å². The van der Waals surface area contributed by atoms with Crippen LogP contribution in [0.5, 0.6) is 0 Å². The molecule has 1 rings (SSSR count).